The van der Waals surface area contributed by atoms with Gasteiger partial charge in [0.2, 0.25) is 5.91 Å². The number of carbonyl (C=O) groups excluding carboxylic acids is 2. The smallest absolute Gasteiger partial charge is 0.341 e. The number of benzene rings is 1. The van der Waals surface area contributed by atoms with Gasteiger partial charge in [-0.1, -0.05) is 31.0 Å². The first-order valence-corrected chi connectivity index (χ1v) is 12.7. The summed E-state index contributed by atoms with van der Waals surface area (Å²) in [4.78, 5) is 28.7. The van der Waals surface area contributed by atoms with Crippen molar-refractivity contribution in [2.75, 3.05) is 32.6 Å². The molecule has 4 rings (SSSR count). The molecule has 0 spiro atoms. The highest BCUT2D eigenvalue weighted by atomic mass is 32.1. The number of carbonyl (C=O) groups is 2. The lowest BCUT2D eigenvalue weighted by Gasteiger charge is -2.52. The molecule has 2 fully saturated rings. The summed E-state index contributed by atoms with van der Waals surface area (Å²) in [6.45, 7) is 4.55. The molecule has 8 heteroatoms. The van der Waals surface area contributed by atoms with Crippen molar-refractivity contribution >= 4 is 28.2 Å². The summed E-state index contributed by atoms with van der Waals surface area (Å²) in [5.74, 6) is 0.156. The van der Waals surface area contributed by atoms with Crippen molar-refractivity contribution in [3.8, 4) is 5.75 Å². The van der Waals surface area contributed by atoms with Crippen LogP contribution in [0.1, 0.15) is 64.5 Å². The van der Waals surface area contributed by atoms with E-state index in [1.54, 1.807) is 7.11 Å². The third kappa shape index (κ3) is 4.59. The normalized spacial score (nSPS) is 24.9. The lowest BCUT2D eigenvalue weighted by atomic mass is 9.66. The van der Waals surface area contributed by atoms with E-state index in [0.29, 0.717) is 23.5 Å². The van der Waals surface area contributed by atoms with E-state index < -0.39 is 11.6 Å². The molecular weight excluding hydrogens is 452 g/mol. The Labute approximate surface area is 205 Å². The number of fused-ring (bicyclic) bond motifs is 1. The topological polar surface area (TPSA) is 88.1 Å². The van der Waals surface area contributed by atoms with Crippen LogP contribution < -0.4 is 10.1 Å². The molecule has 1 amide bonds. The monoisotopic (exact) mass is 486 g/mol. The van der Waals surface area contributed by atoms with Gasteiger partial charge in [-0.2, -0.15) is 0 Å². The van der Waals surface area contributed by atoms with Crippen molar-refractivity contribution < 1.29 is 24.2 Å². The van der Waals surface area contributed by atoms with Crippen LogP contribution in [0.15, 0.2) is 24.3 Å². The molecule has 0 bridgehead atoms. The van der Waals surface area contributed by atoms with Crippen LogP contribution in [-0.4, -0.2) is 54.8 Å². The molecule has 0 unspecified atom stereocenters. The van der Waals surface area contributed by atoms with Gasteiger partial charge in [-0.25, -0.2) is 4.79 Å². The zero-order valence-corrected chi connectivity index (χ0v) is 21.2. The van der Waals surface area contributed by atoms with Gasteiger partial charge in [0.1, 0.15) is 10.8 Å². The fourth-order valence-corrected chi connectivity index (χ4v) is 6.72. The molecule has 184 valence electrons. The van der Waals surface area contributed by atoms with E-state index in [1.165, 1.54) is 18.4 Å². The van der Waals surface area contributed by atoms with Crippen LogP contribution in [0.4, 0.5) is 5.00 Å². The number of aryl methyl sites for hydroxylation is 1. The molecule has 2 aliphatic rings. The highest BCUT2D eigenvalue weighted by Crippen LogP contribution is 2.50. The van der Waals surface area contributed by atoms with Crippen LogP contribution in [0.2, 0.25) is 0 Å². The summed E-state index contributed by atoms with van der Waals surface area (Å²) in [5.41, 5.74) is 1.52. The average molecular weight is 487 g/mol. The molecule has 2 aromatic rings. The average Bonchev–Trinajstić information content (AvgIpc) is 3.11. The van der Waals surface area contributed by atoms with Gasteiger partial charge in [-0.3, -0.25) is 9.69 Å². The van der Waals surface area contributed by atoms with E-state index in [1.807, 2.05) is 38.1 Å². The molecule has 1 saturated carbocycles. The lowest BCUT2D eigenvalue weighted by molar-refractivity contribution is -0.135. The lowest BCUT2D eigenvalue weighted by Crippen LogP contribution is -2.56. The highest BCUT2D eigenvalue weighted by molar-refractivity contribution is 7.16. The van der Waals surface area contributed by atoms with E-state index in [-0.39, 0.29) is 24.4 Å². The third-order valence-corrected chi connectivity index (χ3v) is 8.63. The van der Waals surface area contributed by atoms with Crippen molar-refractivity contribution in [2.45, 2.75) is 57.6 Å². The fraction of sp³-hybridized carbons (Fsp3) is 0.538. The molecule has 7 nitrogen and oxygen atoms in total. The van der Waals surface area contributed by atoms with Crippen molar-refractivity contribution in [1.29, 1.82) is 0 Å². The number of para-hydroxylation sites is 1. The summed E-state index contributed by atoms with van der Waals surface area (Å²) >= 11 is 1.38. The first-order chi connectivity index (χ1) is 16.3. The van der Waals surface area contributed by atoms with E-state index in [9.17, 15) is 14.7 Å². The Morgan fingerprint density at radius 1 is 1.21 bits per heavy atom. The minimum absolute atomic E-state index is 0.0240. The van der Waals surface area contributed by atoms with Gasteiger partial charge in [0, 0.05) is 28.9 Å². The number of nitrogens with one attached hydrogen (secondary N) is 1. The van der Waals surface area contributed by atoms with Gasteiger partial charge in [0.15, 0.2) is 0 Å². The van der Waals surface area contributed by atoms with Gasteiger partial charge in [0.05, 0.1) is 31.9 Å². The molecule has 0 radical (unpaired) electrons. The minimum atomic E-state index is -0.725. The maximum atomic E-state index is 13.2. The maximum absolute atomic E-state index is 13.2. The largest absolute Gasteiger partial charge is 0.496 e. The first kappa shape index (κ1) is 24.7. The Morgan fingerprint density at radius 2 is 1.97 bits per heavy atom. The Morgan fingerprint density at radius 3 is 2.71 bits per heavy atom. The van der Waals surface area contributed by atoms with E-state index >= 15 is 0 Å². The minimum Gasteiger partial charge on any atom is -0.496 e. The number of piperidine rings is 1. The number of likely N-dealkylation sites (tertiary alicyclic amines) is 1. The van der Waals surface area contributed by atoms with E-state index in [2.05, 4.69) is 10.2 Å². The zero-order chi connectivity index (χ0) is 24.5. The Bertz CT molecular complexity index is 1070. The maximum Gasteiger partial charge on any atom is 0.341 e. The van der Waals surface area contributed by atoms with Gasteiger partial charge in [-0.15, -0.1) is 11.3 Å². The van der Waals surface area contributed by atoms with Crippen molar-refractivity contribution in [3.63, 3.8) is 0 Å². The molecule has 1 saturated heterocycles. The van der Waals surface area contributed by atoms with Crippen molar-refractivity contribution in [1.82, 2.24) is 4.90 Å². The summed E-state index contributed by atoms with van der Waals surface area (Å²) < 4.78 is 10.6. The second kappa shape index (κ2) is 10.1. The number of thiophene rings is 1. The first-order valence-electron chi connectivity index (χ1n) is 11.9. The van der Waals surface area contributed by atoms with Crippen LogP contribution in [0.25, 0.3) is 0 Å². The number of anilines is 1. The van der Waals surface area contributed by atoms with Crippen LogP contribution in [0.5, 0.6) is 5.75 Å². The Balaban J connectivity index is 1.62. The van der Waals surface area contributed by atoms with Gasteiger partial charge in [0.25, 0.3) is 0 Å². The molecule has 2 heterocycles. The van der Waals surface area contributed by atoms with Gasteiger partial charge >= 0.3 is 5.97 Å². The van der Waals surface area contributed by atoms with Crippen LogP contribution in [0, 0.1) is 19.8 Å². The van der Waals surface area contributed by atoms with E-state index in [0.717, 1.165) is 47.4 Å². The fourth-order valence-electron chi connectivity index (χ4n) is 5.66. The highest BCUT2D eigenvalue weighted by Gasteiger charge is 2.49. The molecule has 1 aliphatic heterocycles. The quantitative estimate of drug-likeness (QED) is 0.586. The number of rotatable bonds is 6. The van der Waals surface area contributed by atoms with Crippen molar-refractivity contribution in [2.24, 2.45) is 5.92 Å². The number of amides is 1. The number of ether oxygens (including phenoxy) is 2. The molecule has 1 aromatic heterocycles. The molecule has 3 atom stereocenters. The van der Waals surface area contributed by atoms with Crippen LogP contribution in [0.3, 0.4) is 0 Å². The standard InChI is InChI=1S/C26H34N2O5S/c1-16-17(2)34-24(22(16)25(30)33-4)27-21(29)15-28-14-13-26(31)12-8-7-10-19(26)23(28)18-9-5-6-11-20(18)32-3/h5-6,9,11,19,23,31H,7-8,10,12-15H2,1-4H3,(H,27,29)/t19-,23+,26+/m1/s1. The number of hydrogen-bond acceptors (Lipinski definition) is 7. The van der Waals surface area contributed by atoms with Gasteiger partial charge in [-0.05, 0) is 44.7 Å². The summed E-state index contributed by atoms with van der Waals surface area (Å²) in [7, 11) is 3.00. The predicted molar refractivity (Wildman–Crippen MR) is 133 cm³/mol. The number of hydrogen-bond donors (Lipinski definition) is 2. The third-order valence-electron chi connectivity index (χ3n) is 7.50. The molecule has 2 N–H and O–H groups in total. The van der Waals surface area contributed by atoms with Gasteiger partial charge < -0.3 is 19.9 Å². The number of aliphatic hydroxyl groups is 1. The second-order valence-corrected chi connectivity index (χ2v) is 10.6. The molecule has 1 aromatic carbocycles. The number of methoxy groups -OCH3 is 2. The van der Waals surface area contributed by atoms with E-state index in [4.69, 9.17) is 9.47 Å². The summed E-state index contributed by atoms with van der Waals surface area (Å²) in [6.07, 6.45) is 4.43. The Kier molecular flexibility index (Phi) is 7.31. The number of nitrogens with zero attached hydrogens (tertiary/aromatic N) is 1. The Hall–Kier alpha value is -2.42. The SMILES string of the molecule is COC(=O)c1c(NC(=O)CN2CC[C@@]3(O)CCCC[C@@H]3[C@@H]2c2ccccc2OC)sc(C)c1C. The predicted octanol–water partition coefficient (Wildman–Crippen LogP) is 4.47. The molecule has 1 aliphatic carbocycles. The molecular formula is C26H34N2O5S. The second-order valence-electron chi connectivity index (χ2n) is 9.39. The zero-order valence-electron chi connectivity index (χ0n) is 20.3. The number of esters is 1. The molecule has 34 heavy (non-hydrogen) atoms. The summed E-state index contributed by atoms with van der Waals surface area (Å²) in [5, 5.41) is 15.0. The summed E-state index contributed by atoms with van der Waals surface area (Å²) in [6, 6.07) is 7.75. The van der Waals surface area contributed by atoms with Crippen molar-refractivity contribution in [3.05, 3.63) is 45.8 Å². The van der Waals surface area contributed by atoms with Crippen LogP contribution in [-0.2, 0) is 9.53 Å². The van der Waals surface area contributed by atoms with Crippen LogP contribution >= 0.6 is 11.3 Å².